The van der Waals surface area contributed by atoms with Gasteiger partial charge in [0.1, 0.15) is 5.82 Å². The van der Waals surface area contributed by atoms with Crippen LogP contribution in [0.4, 0.5) is 4.39 Å². The molecule has 0 saturated heterocycles. The Balaban J connectivity index is 1.61. The molecule has 0 aliphatic carbocycles. The van der Waals surface area contributed by atoms with Crippen LogP contribution in [0.15, 0.2) is 53.6 Å². The summed E-state index contributed by atoms with van der Waals surface area (Å²) < 4.78 is 19.9. The van der Waals surface area contributed by atoms with Crippen molar-refractivity contribution in [2.75, 3.05) is 6.61 Å². The average Bonchev–Trinajstić information content (AvgIpc) is 2.59. The zero-order valence-corrected chi connectivity index (χ0v) is 12.8. The van der Waals surface area contributed by atoms with Crippen molar-refractivity contribution in [2.24, 2.45) is 0 Å². The summed E-state index contributed by atoms with van der Waals surface area (Å²) in [6.07, 6.45) is 2.12. The van der Waals surface area contributed by atoms with Gasteiger partial charge in [-0.3, -0.25) is 9.78 Å². The van der Waals surface area contributed by atoms with Gasteiger partial charge in [0.05, 0.1) is 43.0 Å². The number of benzene rings is 1. The SMILES string of the molecule is O=c1c2cccnc2cnn1C[C@@H](O)COCc1ccccc1F. The first-order chi connectivity index (χ1) is 11.6. The second-order valence-electron chi connectivity index (χ2n) is 5.33. The van der Waals surface area contributed by atoms with E-state index in [0.29, 0.717) is 16.5 Å². The predicted octanol–water partition coefficient (Wildman–Crippen LogP) is 1.51. The zero-order chi connectivity index (χ0) is 16.9. The molecule has 0 aliphatic rings. The topological polar surface area (TPSA) is 77.2 Å². The lowest BCUT2D eigenvalue weighted by atomic mass is 10.2. The summed E-state index contributed by atoms with van der Waals surface area (Å²) >= 11 is 0. The maximum absolute atomic E-state index is 13.5. The fraction of sp³-hybridized carbons (Fsp3) is 0.235. The van der Waals surface area contributed by atoms with Gasteiger partial charge in [-0.05, 0) is 18.2 Å². The first-order valence-corrected chi connectivity index (χ1v) is 7.45. The van der Waals surface area contributed by atoms with Gasteiger partial charge in [-0.1, -0.05) is 18.2 Å². The molecule has 0 fully saturated rings. The molecule has 1 aromatic carbocycles. The maximum Gasteiger partial charge on any atom is 0.276 e. The summed E-state index contributed by atoms with van der Waals surface area (Å²) in [5, 5.41) is 14.4. The van der Waals surface area contributed by atoms with Gasteiger partial charge >= 0.3 is 0 Å². The minimum Gasteiger partial charge on any atom is -0.389 e. The van der Waals surface area contributed by atoms with E-state index in [1.54, 1.807) is 36.5 Å². The molecule has 0 bridgehead atoms. The zero-order valence-electron chi connectivity index (χ0n) is 12.8. The molecular formula is C17H16FN3O3. The lowest BCUT2D eigenvalue weighted by molar-refractivity contribution is 0.0172. The maximum atomic E-state index is 13.5. The first-order valence-electron chi connectivity index (χ1n) is 7.45. The van der Waals surface area contributed by atoms with Crippen LogP contribution < -0.4 is 5.56 Å². The number of aliphatic hydroxyl groups is 1. The van der Waals surface area contributed by atoms with Gasteiger partial charge in [0.25, 0.3) is 5.56 Å². The Bertz CT molecular complexity index is 897. The molecule has 0 aliphatic heterocycles. The number of ether oxygens (including phenoxy) is 1. The summed E-state index contributed by atoms with van der Waals surface area (Å²) in [4.78, 5) is 16.3. The molecule has 0 unspecified atom stereocenters. The third-order valence-electron chi connectivity index (χ3n) is 3.53. The molecule has 7 heteroatoms. The van der Waals surface area contributed by atoms with Crippen LogP contribution in [0.2, 0.25) is 0 Å². The molecule has 0 radical (unpaired) electrons. The highest BCUT2D eigenvalue weighted by atomic mass is 19.1. The van der Waals surface area contributed by atoms with E-state index in [1.807, 2.05) is 0 Å². The minimum absolute atomic E-state index is 0.0130. The van der Waals surface area contributed by atoms with E-state index >= 15 is 0 Å². The molecule has 3 aromatic rings. The summed E-state index contributed by atoms with van der Waals surface area (Å²) in [5.74, 6) is -0.355. The summed E-state index contributed by atoms with van der Waals surface area (Å²) in [6, 6.07) is 9.60. The van der Waals surface area contributed by atoms with Gasteiger partial charge in [-0.15, -0.1) is 0 Å². The molecule has 2 heterocycles. The van der Waals surface area contributed by atoms with Crippen LogP contribution in [0.3, 0.4) is 0 Å². The Morgan fingerprint density at radius 1 is 1.25 bits per heavy atom. The highest BCUT2D eigenvalue weighted by molar-refractivity contribution is 5.75. The summed E-state index contributed by atoms with van der Waals surface area (Å²) in [5.41, 5.74) is 0.592. The third-order valence-corrected chi connectivity index (χ3v) is 3.53. The number of hydrogen-bond acceptors (Lipinski definition) is 5. The second kappa shape index (κ2) is 7.29. The Labute approximate surface area is 137 Å². The monoisotopic (exact) mass is 329 g/mol. The Morgan fingerprint density at radius 2 is 2.08 bits per heavy atom. The van der Waals surface area contributed by atoms with Crippen LogP contribution in [0.1, 0.15) is 5.56 Å². The molecule has 124 valence electrons. The van der Waals surface area contributed by atoms with E-state index in [2.05, 4.69) is 10.1 Å². The smallest absolute Gasteiger partial charge is 0.276 e. The van der Waals surface area contributed by atoms with Crippen molar-refractivity contribution in [3.8, 4) is 0 Å². The molecule has 3 rings (SSSR count). The molecule has 0 spiro atoms. The van der Waals surface area contributed by atoms with Gasteiger partial charge in [0.15, 0.2) is 0 Å². The number of hydrogen-bond donors (Lipinski definition) is 1. The number of aromatic nitrogens is 3. The molecule has 0 saturated carbocycles. The molecule has 6 nitrogen and oxygen atoms in total. The number of pyridine rings is 1. The van der Waals surface area contributed by atoms with E-state index < -0.39 is 6.10 Å². The highest BCUT2D eigenvalue weighted by Gasteiger charge is 2.11. The van der Waals surface area contributed by atoms with Crippen molar-refractivity contribution in [3.05, 3.63) is 70.5 Å². The van der Waals surface area contributed by atoms with Crippen LogP contribution in [0, 0.1) is 5.82 Å². The third kappa shape index (κ3) is 3.64. The molecule has 2 aromatic heterocycles. The lowest BCUT2D eigenvalue weighted by Crippen LogP contribution is -2.31. The van der Waals surface area contributed by atoms with Crippen molar-refractivity contribution < 1.29 is 14.2 Å². The number of halogens is 1. The van der Waals surface area contributed by atoms with Crippen molar-refractivity contribution in [2.45, 2.75) is 19.3 Å². The van der Waals surface area contributed by atoms with E-state index in [-0.39, 0.29) is 31.1 Å². The number of aliphatic hydroxyl groups excluding tert-OH is 1. The number of fused-ring (bicyclic) bond motifs is 1. The normalized spacial score (nSPS) is 12.4. The van der Waals surface area contributed by atoms with Crippen LogP contribution in [0.5, 0.6) is 0 Å². The molecular weight excluding hydrogens is 313 g/mol. The molecule has 24 heavy (non-hydrogen) atoms. The van der Waals surface area contributed by atoms with Gasteiger partial charge in [0, 0.05) is 11.8 Å². The summed E-state index contributed by atoms with van der Waals surface area (Å²) in [6.45, 7) is 0.00215. The fourth-order valence-corrected chi connectivity index (χ4v) is 2.32. The predicted molar refractivity (Wildman–Crippen MR) is 85.9 cm³/mol. The van der Waals surface area contributed by atoms with Gasteiger partial charge in [0.2, 0.25) is 0 Å². The van der Waals surface area contributed by atoms with Gasteiger partial charge in [-0.2, -0.15) is 5.10 Å². The van der Waals surface area contributed by atoms with Crippen LogP contribution >= 0.6 is 0 Å². The lowest BCUT2D eigenvalue weighted by Gasteiger charge is -2.13. The highest BCUT2D eigenvalue weighted by Crippen LogP contribution is 2.08. The standard InChI is InChI=1S/C17H16FN3O3/c18-15-6-2-1-4-12(15)10-24-11-13(22)9-21-17(23)14-5-3-7-19-16(14)8-20-21/h1-8,13,22H,9-11H2/t13-/m1/s1. The quantitative estimate of drug-likeness (QED) is 0.742. The van der Waals surface area contributed by atoms with Gasteiger partial charge < -0.3 is 9.84 Å². The fourth-order valence-electron chi connectivity index (χ4n) is 2.32. The van der Waals surface area contributed by atoms with E-state index in [1.165, 1.54) is 16.9 Å². The van der Waals surface area contributed by atoms with Crippen molar-refractivity contribution >= 4 is 10.9 Å². The molecule has 1 atom stereocenters. The van der Waals surface area contributed by atoms with Crippen LogP contribution in [0.25, 0.3) is 10.9 Å². The second-order valence-corrected chi connectivity index (χ2v) is 5.33. The van der Waals surface area contributed by atoms with Crippen LogP contribution in [-0.4, -0.2) is 32.6 Å². The number of nitrogens with zero attached hydrogens (tertiary/aromatic N) is 3. The Morgan fingerprint density at radius 3 is 2.92 bits per heavy atom. The van der Waals surface area contributed by atoms with Crippen molar-refractivity contribution in [1.82, 2.24) is 14.8 Å². The van der Waals surface area contributed by atoms with Crippen molar-refractivity contribution in [1.29, 1.82) is 0 Å². The first kappa shape index (κ1) is 16.2. The minimum atomic E-state index is -0.934. The number of rotatable bonds is 6. The Hall–Kier alpha value is -2.64. The molecule has 0 amide bonds. The average molecular weight is 329 g/mol. The largest absolute Gasteiger partial charge is 0.389 e. The summed E-state index contributed by atoms with van der Waals surface area (Å²) in [7, 11) is 0. The van der Waals surface area contributed by atoms with E-state index in [9.17, 15) is 14.3 Å². The van der Waals surface area contributed by atoms with Gasteiger partial charge in [-0.25, -0.2) is 9.07 Å². The Kier molecular flexibility index (Phi) is 4.93. The van der Waals surface area contributed by atoms with Crippen LogP contribution in [-0.2, 0) is 17.9 Å². The van der Waals surface area contributed by atoms with E-state index in [4.69, 9.17) is 4.74 Å². The molecule has 1 N–H and O–H groups in total. The van der Waals surface area contributed by atoms with Crippen molar-refractivity contribution in [3.63, 3.8) is 0 Å². The van der Waals surface area contributed by atoms with E-state index in [0.717, 1.165) is 0 Å².